The average molecular weight is 252 g/mol. The predicted molar refractivity (Wildman–Crippen MR) is 50.2 cm³/mol. The standard InChI is InChI=1S/C9H5ClF3NO2/c10-4-8-14-6-3-5(16-9(11,12)13)1-2-7(6)15-8/h1-3H,4H2. The van der Waals surface area contributed by atoms with Gasteiger partial charge in [0, 0.05) is 6.07 Å². The van der Waals surface area contributed by atoms with Crippen molar-refractivity contribution in [1.82, 2.24) is 4.98 Å². The predicted octanol–water partition coefficient (Wildman–Crippen LogP) is 3.47. The van der Waals surface area contributed by atoms with Gasteiger partial charge in [-0.2, -0.15) is 0 Å². The van der Waals surface area contributed by atoms with Gasteiger partial charge in [-0.3, -0.25) is 0 Å². The van der Waals surface area contributed by atoms with Crippen molar-refractivity contribution >= 4 is 22.7 Å². The molecule has 0 aliphatic heterocycles. The van der Waals surface area contributed by atoms with Crippen LogP contribution in [0.4, 0.5) is 13.2 Å². The first-order valence-corrected chi connectivity index (χ1v) is 4.72. The Balaban J connectivity index is 2.36. The number of hydrogen-bond acceptors (Lipinski definition) is 3. The summed E-state index contributed by atoms with van der Waals surface area (Å²) in [5.74, 6) is -0.0281. The van der Waals surface area contributed by atoms with Gasteiger partial charge in [-0.1, -0.05) is 0 Å². The Morgan fingerprint density at radius 3 is 2.75 bits per heavy atom. The molecule has 2 aromatic rings. The lowest BCUT2D eigenvalue weighted by molar-refractivity contribution is -0.274. The molecule has 0 spiro atoms. The molecular formula is C9H5ClF3NO2. The summed E-state index contributed by atoms with van der Waals surface area (Å²) in [6, 6.07) is 3.64. The third-order valence-electron chi connectivity index (χ3n) is 1.75. The fourth-order valence-corrected chi connectivity index (χ4v) is 1.32. The molecule has 0 aliphatic rings. The van der Waals surface area contributed by atoms with Gasteiger partial charge in [-0.25, -0.2) is 4.98 Å². The van der Waals surface area contributed by atoms with Crippen molar-refractivity contribution in [2.45, 2.75) is 12.2 Å². The van der Waals surface area contributed by atoms with Crippen molar-refractivity contribution in [3.05, 3.63) is 24.1 Å². The highest BCUT2D eigenvalue weighted by Gasteiger charge is 2.31. The molecule has 0 bridgehead atoms. The van der Waals surface area contributed by atoms with Crippen LogP contribution in [-0.2, 0) is 5.88 Å². The molecule has 1 heterocycles. The fourth-order valence-electron chi connectivity index (χ4n) is 1.21. The molecule has 0 unspecified atom stereocenters. The zero-order chi connectivity index (χ0) is 11.8. The van der Waals surface area contributed by atoms with Crippen LogP contribution in [0.2, 0.25) is 0 Å². The number of aromatic nitrogens is 1. The molecule has 0 radical (unpaired) electrons. The summed E-state index contributed by atoms with van der Waals surface area (Å²) in [4.78, 5) is 3.88. The summed E-state index contributed by atoms with van der Waals surface area (Å²) in [6.07, 6.45) is -4.72. The van der Waals surface area contributed by atoms with Crippen molar-refractivity contribution in [2.24, 2.45) is 0 Å². The van der Waals surface area contributed by atoms with Crippen molar-refractivity contribution in [2.75, 3.05) is 0 Å². The van der Waals surface area contributed by atoms with Gasteiger partial charge in [0.15, 0.2) is 5.58 Å². The summed E-state index contributed by atoms with van der Waals surface area (Å²) in [6.45, 7) is 0. The molecule has 7 heteroatoms. The highest BCUT2D eigenvalue weighted by atomic mass is 35.5. The molecule has 86 valence electrons. The van der Waals surface area contributed by atoms with Crippen LogP contribution in [0.15, 0.2) is 22.6 Å². The normalized spacial score (nSPS) is 12.0. The highest BCUT2D eigenvalue weighted by Crippen LogP contribution is 2.26. The largest absolute Gasteiger partial charge is 0.573 e. The van der Waals surface area contributed by atoms with Gasteiger partial charge < -0.3 is 9.15 Å². The maximum absolute atomic E-state index is 11.9. The van der Waals surface area contributed by atoms with E-state index in [0.717, 1.165) is 12.1 Å². The van der Waals surface area contributed by atoms with Crippen LogP contribution in [0.3, 0.4) is 0 Å². The number of oxazole rings is 1. The third-order valence-corrected chi connectivity index (χ3v) is 1.98. The van der Waals surface area contributed by atoms with E-state index >= 15 is 0 Å². The minimum Gasteiger partial charge on any atom is -0.439 e. The molecule has 2 rings (SSSR count). The number of alkyl halides is 4. The Labute approximate surface area is 92.8 Å². The van der Waals surface area contributed by atoms with E-state index in [1.165, 1.54) is 6.07 Å². The summed E-state index contributed by atoms with van der Waals surface area (Å²) >= 11 is 5.48. The summed E-state index contributed by atoms with van der Waals surface area (Å²) in [5.41, 5.74) is 0.641. The third kappa shape index (κ3) is 2.38. The van der Waals surface area contributed by atoms with E-state index in [1.807, 2.05) is 0 Å². The topological polar surface area (TPSA) is 35.3 Å². The zero-order valence-electron chi connectivity index (χ0n) is 7.71. The van der Waals surface area contributed by atoms with E-state index in [2.05, 4.69) is 9.72 Å². The van der Waals surface area contributed by atoms with E-state index in [0.29, 0.717) is 5.58 Å². The second-order valence-electron chi connectivity index (χ2n) is 2.92. The molecule has 0 atom stereocenters. The second-order valence-corrected chi connectivity index (χ2v) is 3.19. The lowest BCUT2D eigenvalue weighted by Gasteiger charge is -2.07. The summed E-state index contributed by atoms with van der Waals surface area (Å²) in [5, 5.41) is 0. The Kier molecular flexibility index (Phi) is 2.67. The van der Waals surface area contributed by atoms with E-state index in [1.54, 1.807) is 0 Å². The van der Waals surface area contributed by atoms with Crippen molar-refractivity contribution in [3.63, 3.8) is 0 Å². The molecule has 0 fully saturated rings. The molecule has 16 heavy (non-hydrogen) atoms. The van der Waals surface area contributed by atoms with Crippen molar-refractivity contribution in [1.29, 1.82) is 0 Å². The minimum atomic E-state index is -4.72. The maximum Gasteiger partial charge on any atom is 0.573 e. The lowest BCUT2D eigenvalue weighted by atomic mass is 10.3. The van der Waals surface area contributed by atoms with Crippen LogP contribution in [0.1, 0.15) is 5.89 Å². The second kappa shape index (κ2) is 3.86. The van der Waals surface area contributed by atoms with Gasteiger partial charge >= 0.3 is 6.36 Å². The highest BCUT2D eigenvalue weighted by molar-refractivity contribution is 6.16. The summed E-state index contributed by atoms with van der Waals surface area (Å²) in [7, 11) is 0. The molecule has 0 N–H and O–H groups in total. The van der Waals surface area contributed by atoms with Gasteiger partial charge in [-0.15, -0.1) is 24.8 Å². The molecular weight excluding hydrogens is 247 g/mol. The number of rotatable bonds is 2. The quantitative estimate of drug-likeness (QED) is 0.767. The molecule has 0 saturated carbocycles. The van der Waals surface area contributed by atoms with Crippen LogP contribution in [0.25, 0.3) is 11.1 Å². The van der Waals surface area contributed by atoms with Crippen LogP contribution in [0.5, 0.6) is 5.75 Å². The first-order valence-electron chi connectivity index (χ1n) is 4.19. The van der Waals surface area contributed by atoms with Crippen molar-refractivity contribution in [3.8, 4) is 5.75 Å². The number of halogens is 4. The number of benzene rings is 1. The zero-order valence-corrected chi connectivity index (χ0v) is 8.47. The molecule has 3 nitrogen and oxygen atoms in total. The lowest BCUT2D eigenvalue weighted by Crippen LogP contribution is -2.16. The van der Waals surface area contributed by atoms with Gasteiger partial charge in [0.1, 0.15) is 11.3 Å². The van der Waals surface area contributed by atoms with E-state index in [-0.39, 0.29) is 23.0 Å². The maximum atomic E-state index is 11.9. The van der Waals surface area contributed by atoms with Gasteiger partial charge in [-0.05, 0) is 12.1 Å². The van der Waals surface area contributed by atoms with Crippen LogP contribution in [-0.4, -0.2) is 11.3 Å². The Morgan fingerprint density at radius 1 is 1.38 bits per heavy atom. The number of ether oxygens (including phenoxy) is 1. The fraction of sp³-hybridized carbons (Fsp3) is 0.222. The SMILES string of the molecule is FC(F)(F)Oc1ccc2oc(CCl)nc2c1. The average Bonchev–Trinajstić information content (AvgIpc) is 2.57. The molecule has 1 aromatic carbocycles. The molecule has 1 aromatic heterocycles. The van der Waals surface area contributed by atoms with E-state index < -0.39 is 6.36 Å². The first kappa shape index (κ1) is 11.1. The van der Waals surface area contributed by atoms with Crippen molar-refractivity contribution < 1.29 is 22.3 Å². The Hall–Kier alpha value is -1.43. The first-order chi connectivity index (χ1) is 7.48. The van der Waals surface area contributed by atoms with Crippen LogP contribution >= 0.6 is 11.6 Å². The van der Waals surface area contributed by atoms with Gasteiger partial charge in [0.2, 0.25) is 5.89 Å². The monoisotopic (exact) mass is 251 g/mol. The smallest absolute Gasteiger partial charge is 0.439 e. The van der Waals surface area contributed by atoms with Gasteiger partial charge in [0.05, 0.1) is 5.88 Å². The minimum absolute atomic E-state index is 0.0597. The Bertz CT molecular complexity index is 509. The molecule has 0 aliphatic carbocycles. The van der Waals surface area contributed by atoms with E-state index in [9.17, 15) is 13.2 Å². The number of fused-ring (bicyclic) bond motifs is 1. The van der Waals surface area contributed by atoms with Crippen LogP contribution in [0, 0.1) is 0 Å². The summed E-state index contributed by atoms with van der Waals surface area (Å²) < 4.78 is 44.6. The molecule has 0 amide bonds. The number of hydrogen-bond donors (Lipinski definition) is 0. The Morgan fingerprint density at radius 2 is 2.12 bits per heavy atom. The van der Waals surface area contributed by atoms with Crippen LogP contribution < -0.4 is 4.74 Å². The van der Waals surface area contributed by atoms with Gasteiger partial charge in [0.25, 0.3) is 0 Å². The molecule has 0 saturated heterocycles. The van der Waals surface area contributed by atoms with E-state index in [4.69, 9.17) is 16.0 Å². The number of nitrogens with zero attached hydrogens (tertiary/aromatic N) is 1.